The van der Waals surface area contributed by atoms with E-state index in [2.05, 4.69) is 27.7 Å². The summed E-state index contributed by atoms with van der Waals surface area (Å²) in [4.78, 5) is 22.9. The second kappa shape index (κ2) is 20.1. The van der Waals surface area contributed by atoms with Crippen LogP contribution in [0.25, 0.3) is 32.3 Å². The van der Waals surface area contributed by atoms with Crippen LogP contribution in [0.2, 0.25) is 0 Å². The Morgan fingerprint density at radius 2 is 0.625 bits per heavy atom. The van der Waals surface area contributed by atoms with Gasteiger partial charge in [-0.25, -0.2) is 0 Å². The van der Waals surface area contributed by atoms with Gasteiger partial charge in [-0.1, -0.05) is 53.4 Å². The predicted molar refractivity (Wildman–Crippen MR) is 188 cm³/mol. The van der Waals surface area contributed by atoms with Gasteiger partial charge in [-0.3, -0.25) is 4.57 Å². The number of nitrogens with zero attached hydrogens (tertiary/aromatic N) is 1. The van der Waals surface area contributed by atoms with Crippen molar-refractivity contribution in [3.05, 3.63) is 36.4 Å². The number of quaternary nitrogens is 1. The van der Waals surface area contributed by atoms with E-state index < -0.39 is 7.82 Å². The van der Waals surface area contributed by atoms with Crippen molar-refractivity contribution in [2.45, 2.75) is 79.1 Å². The van der Waals surface area contributed by atoms with E-state index in [1.54, 1.807) is 0 Å². The molecule has 0 aliphatic carbocycles. The number of phosphoric acid groups is 1. The number of phenolic OH excluding ortho intramolecular Hbond substituents is 6. The minimum atomic E-state index is -4.89. The van der Waals surface area contributed by atoms with Gasteiger partial charge in [0.15, 0.2) is 34.5 Å². The highest BCUT2D eigenvalue weighted by atomic mass is 31.2. The van der Waals surface area contributed by atoms with Crippen LogP contribution >= 0.6 is 7.82 Å². The highest BCUT2D eigenvalue weighted by Crippen LogP contribution is 2.45. The van der Waals surface area contributed by atoms with Gasteiger partial charge in [0.1, 0.15) is 0 Å². The number of fused-ring (bicyclic) bond motifs is 6. The molecule has 0 bridgehead atoms. The number of rotatable bonds is 12. The Labute approximate surface area is 282 Å². The Morgan fingerprint density at radius 3 is 0.750 bits per heavy atom. The lowest BCUT2D eigenvalue weighted by Crippen LogP contribution is -2.50. The molecule has 0 aliphatic rings. The number of hydrogen-bond acceptors (Lipinski definition) is 9. The molecule has 4 aromatic carbocycles. The molecule has 0 unspecified atom stereocenters. The Kier molecular flexibility index (Phi) is 17.8. The summed E-state index contributed by atoms with van der Waals surface area (Å²) >= 11 is 0. The first-order chi connectivity index (χ1) is 22.6. The summed E-state index contributed by atoms with van der Waals surface area (Å²) in [5.74, 6) is -2.01. The van der Waals surface area contributed by atoms with Crippen molar-refractivity contribution in [3.63, 3.8) is 0 Å². The number of aliphatic hydroxyl groups is 1. The lowest BCUT2D eigenvalue weighted by molar-refractivity contribution is -0.929. The minimum absolute atomic E-state index is 0.335. The normalized spacial score (nSPS) is 11.4. The van der Waals surface area contributed by atoms with E-state index >= 15 is 0 Å². The van der Waals surface area contributed by atoms with E-state index in [-0.39, 0.29) is 34.5 Å². The maximum absolute atomic E-state index is 9.82. The maximum Gasteiger partial charge on any atom is 0.262 e. The van der Waals surface area contributed by atoms with Gasteiger partial charge in [0.25, 0.3) is 7.82 Å². The van der Waals surface area contributed by atoms with Crippen molar-refractivity contribution in [3.8, 4) is 34.5 Å². The van der Waals surface area contributed by atoms with E-state index in [0.29, 0.717) is 32.3 Å². The molecule has 48 heavy (non-hydrogen) atoms. The number of aliphatic hydroxyl groups excluding tert-OH is 1. The zero-order valence-electron chi connectivity index (χ0n) is 28.7. The second-order valence-corrected chi connectivity index (χ2v) is 12.8. The Bertz CT molecular complexity index is 1330. The van der Waals surface area contributed by atoms with E-state index in [9.17, 15) is 30.6 Å². The van der Waals surface area contributed by atoms with Crippen molar-refractivity contribution in [2.24, 2.45) is 0 Å². The molecule has 0 aliphatic heterocycles. The van der Waals surface area contributed by atoms with Gasteiger partial charge in [-0.2, -0.15) is 0 Å². The fourth-order valence-electron chi connectivity index (χ4n) is 5.71. The second-order valence-electron chi connectivity index (χ2n) is 11.8. The van der Waals surface area contributed by atoms with Crippen LogP contribution < -0.4 is 4.89 Å². The summed E-state index contributed by atoms with van der Waals surface area (Å²) in [5, 5.41) is 69.0. The molecule has 0 aromatic heterocycles. The molecule has 12 nitrogen and oxygen atoms in total. The Balaban J connectivity index is 0.000000421. The fourth-order valence-corrected chi connectivity index (χ4v) is 5.71. The molecule has 0 spiro atoms. The quantitative estimate of drug-likeness (QED) is 0.0340. The van der Waals surface area contributed by atoms with Gasteiger partial charge in [0.05, 0.1) is 26.2 Å². The van der Waals surface area contributed by atoms with Crippen molar-refractivity contribution < 1.29 is 59.5 Å². The standard InChI is InChI=1S/C18H12O6.C16H36N.CH4O.H3O4P/c19-13-1-7-8(2-14(13)20)10-4-17(23)18(24)6-12(10)11-5-16(22)15(21)3-9(7)11;1-5-9-13-17(14-10-6-2,15-11-7-3)16-12-8-4;1-2;1-5(2,3)4/h1-6,19-24H;5-16H2,1-4H3;2H,1H3;(H3,1,2,3,4)/q;+1;;/p-1. The van der Waals surface area contributed by atoms with Gasteiger partial charge in [0, 0.05) is 7.11 Å². The van der Waals surface area contributed by atoms with Gasteiger partial charge < -0.3 is 54.9 Å². The van der Waals surface area contributed by atoms with Crippen LogP contribution in [0.15, 0.2) is 36.4 Å². The summed E-state index contributed by atoms with van der Waals surface area (Å²) < 4.78 is 10.2. The highest BCUT2D eigenvalue weighted by molar-refractivity contribution is 7.43. The van der Waals surface area contributed by atoms with Crippen LogP contribution in [0.5, 0.6) is 34.5 Å². The molecule has 0 atom stereocenters. The molecule has 4 aromatic rings. The van der Waals surface area contributed by atoms with Crippen molar-refractivity contribution in [2.75, 3.05) is 33.3 Å². The molecule has 9 N–H and O–H groups in total. The molecule has 0 heterocycles. The zero-order chi connectivity index (χ0) is 36.7. The van der Waals surface area contributed by atoms with Gasteiger partial charge in [-0.05, 0) is 94.4 Å². The Hall–Kier alpha value is -3.51. The van der Waals surface area contributed by atoms with Crippen LogP contribution in [-0.4, -0.2) is 83.3 Å². The first kappa shape index (κ1) is 42.5. The Morgan fingerprint density at radius 1 is 0.479 bits per heavy atom. The third kappa shape index (κ3) is 12.5. The molecule has 270 valence electrons. The SMILES string of the molecule is CCCC[N+](CCCC)(CCCC)CCCC.CO.O=P([O-])(O)O.Oc1cc2c3cc(O)c(O)cc3c3cc(O)c(O)cc3c2cc1O. The number of unbranched alkanes of at least 4 members (excludes halogenated alkanes) is 4. The minimum Gasteiger partial charge on any atom is -0.756 e. The van der Waals surface area contributed by atoms with Gasteiger partial charge >= 0.3 is 0 Å². The van der Waals surface area contributed by atoms with E-state index in [1.165, 1.54) is 118 Å². The number of phenols is 6. The molecule has 0 radical (unpaired) electrons. The van der Waals surface area contributed by atoms with Crippen LogP contribution in [0.3, 0.4) is 0 Å². The first-order valence-corrected chi connectivity index (χ1v) is 17.9. The number of aromatic hydroxyl groups is 6. The molecule has 0 amide bonds. The molecular formula is C35H54NO11P. The summed E-state index contributed by atoms with van der Waals surface area (Å²) in [6, 6.07) is 8.04. The summed E-state index contributed by atoms with van der Waals surface area (Å²) in [5.41, 5.74) is 0. The lowest BCUT2D eigenvalue weighted by atomic mass is 9.93. The van der Waals surface area contributed by atoms with E-state index in [1.807, 2.05) is 0 Å². The van der Waals surface area contributed by atoms with Crippen molar-refractivity contribution >= 4 is 40.1 Å². The lowest BCUT2D eigenvalue weighted by Gasteiger charge is -2.39. The third-order valence-corrected chi connectivity index (χ3v) is 8.16. The topological polar surface area (TPSA) is 222 Å². The highest BCUT2D eigenvalue weighted by Gasteiger charge is 2.24. The third-order valence-electron chi connectivity index (χ3n) is 8.16. The summed E-state index contributed by atoms with van der Waals surface area (Å²) in [6.45, 7) is 15.0. The van der Waals surface area contributed by atoms with E-state index in [4.69, 9.17) is 24.4 Å². The molecule has 13 heteroatoms. The molecule has 0 saturated heterocycles. The average molecular weight is 696 g/mol. The monoisotopic (exact) mass is 695 g/mol. The molecule has 4 rings (SSSR count). The molecule has 0 fully saturated rings. The van der Waals surface area contributed by atoms with E-state index in [0.717, 1.165) is 7.11 Å². The number of hydrogen-bond donors (Lipinski definition) is 9. The fraction of sp³-hybridized carbons (Fsp3) is 0.486. The van der Waals surface area contributed by atoms with Crippen LogP contribution in [0.4, 0.5) is 0 Å². The van der Waals surface area contributed by atoms with Gasteiger partial charge in [0.2, 0.25) is 0 Å². The summed E-state index contributed by atoms with van der Waals surface area (Å²) in [7, 11) is -3.89. The van der Waals surface area contributed by atoms with Crippen LogP contribution in [0, 0.1) is 0 Å². The van der Waals surface area contributed by atoms with Crippen molar-refractivity contribution in [1.29, 1.82) is 0 Å². The average Bonchev–Trinajstić information content (AvgIpc) is 3.04. The zero-order valence-corrected chi connectivity index (χ0v) is 29.6. The summed E-state index contributed by atoms with van der Waals surface area (Å²) in [6.07, 6.45) is 11.1. The van der Waals surface area contributed by atoms with Crippen LogP contribution in [0.1, 0.15) is 79.1 Å². The number of benzene rings is 4. The molecule has 0 saturated carbocycles. The van der Waals surface area contributed by atoms with Crippen LogP contribution in [-0.2, 0) is 4.57 Å². The van der Waals surface area contributed by atoms with Crippen molar-refractivity contribution in [1.82, 2.24) is 0 Å². The predicted octanol–water partition coefficient (Wildman–Crippen LogP) is 6.43. The molecular weight excluding hydrogens is 641 g/mol. The largest absolute Gasteiger partial charge is 0.756 e. The maximum atomic E-state index is 9.82. The first-order valence-electron chi connectivity index (χ1n) is 16.4. The van der Waals surface area contributed by atoms with Gasteiger partial charge in [-0.15, -0.1) is 0 Å². The smallest absolute Gasteiger partial charge is 0.262 e.